The zero-order chi connectivity index (χ0) is 19.7. The van der Waals surface area contributed by atoms with E-state index < -0.39 is 11.4 Å². The fraction of sp³-hybridized carbons (Fsp3) is 0.571. The zero-order valence-electron chi connectivity index (χ0n) is 16.2. The van der Waals surface area contributed by atoms with Gasteiger partial charge in [0.1, 0.15) is 5.75 Å². The number of H-pyrrole nitrogens is 1. The summed E-state index contributed by atoms with van der Waals surface area (Å²) in [6.45, 7) is 1.63. The number of ether oxygens (including phenoxy) is 2. The number of unbranched alkanes of at least 4 members (excludes halogenated alkanes) is 5. The number of aromatic nitrogens is 3. The summed E-state index contributed by atoms with van der Waals surface area (Å²) in [4.78, 5) is 15.8. The van der Waals surface area contributed by atoms with Crippen LogP contribution in [0.4, 0.5) is 0 Å². The Morgan fingerprint density at radius 3 is 2.64 bits per heavy atom. The van der Waals surface area contributed by atoms with Crippen LogP contribution in [-0.2, 0) is 9.53 Å². The van der Waals surface area contributed by atoms with E-state index in [4.69, 9.17) is 9.47 Å². The number of nitrogens with zero attached hydrogens (tertiary/aromatic N) is 2. The Bertz CT molecular complexity index is 710. The van der Waals surface area contributed by atoms with Gasteiger partial charge >= 0.3 is 5.97 Å². The lowest BCUT2D eigenvalue weighted by atomic mass is 9.82. The number of pyridine rings is 1. The maximum absolute atomic E-state index is 11.5. The van der Waals surface area contributed by atoms with Gasteiger partial charge in [-0.2, -0.15) is 5.10 Å². The van der Waals surface area contributed by atoms with Crippen LogP contribution in [0, 0.1) is 5.41 Å². The summed E-state index contributed by atoms with van der Waals surface area (Å²) in [5.74, 6) is 0.0789. The molecule has 1 unspecified atom stereocenters. The van der Waals surface area contributed by atoms with Crippen LogP contribution >= 0.6 is 0 Å². The number of aromatic amines is 1. The highest BCUT2D eigenvalue weighted by atomic mass is 16.5. The maximum Gasteiger partial charge on any atom is 0.312 e. The molecular formula is C21H29N3O4. The molecule has 3 heterocycles. The van der Waals surface area contributed by atoms with Gasteiger partial charge in [0.15, 0.2) is 0 Å². The third-order valence-electron chi connectivity index (χ3n) is 5.39. The van der Waals surface area contributed by atoms with E-state index in [9.17, 15) is 9.90 Å². The summed E-state index contributed by atoms with van der Waals surface area (Å²) >= 11 is 0. The molecule has 0 spiro atoms. The van der Waals surface area contributed by atoms with E-state index in [-0.39, 0.29) is 0 Å². The average molecular weight is 387 g/mol. The van der Waals surface area contributed by atoms with Crippen LogP contribution in [-0.4, -0.2) is 46.1 Å². The van der Waals surface area contributed by atoms with Crippen molar-refractivity contribution >= 4 is 5.97 Å². The number of carbonyl (C=O) groups is 1. The van der Waals surface area contributed by atoms with Crippen LogP contribution in [0.25, 0.3) is 11.4 Å². The van der Waals surface area contributed by atoms with Gasteiger partial charge in [0, 0.05) is 12.8 Å². The molecule has 7 nitrogen and oxygen atoms in total. The third kappa shape index (κ3) is 5.55. The van der Waals surface area contributed by atoms with Gasteiger partial charge in [0.2, 0.25) is 0 Å². The largest absolute Gasteiger partial charge is 0.492 e. The molecule has 1 atom stereocenters. The highest BCUT2D eigenvalue weighted by Gasteiger charge is 2.41. The molecule has 0 aromatic carbocycles. The molecule has 2 aromatic heterocycles. The van der Waals surface area contributed by atoms with E-state index >= 15 is 0 Å². The fourth-order valence-electron chi connectivity index (χ4n) is 3.57. The highest BCUT2D eigenvalue weighted by molar-refractivity contribution is 5.75. The second-order valence-corrected chi connectivity index (χ2v) is 7.46. The quantitative estimate of drug-likeness (QED) is 0.533. The predicted octanol–water partition coefficient (Wildman–Crippen LogP) is 4.07. The lowest BCUT2D eigenvalue weighted by molar-refractivity contribution is -0.149. The molecule has 1 fully saturated rings. The van der Waals surface area contributed by atoms with Gasteiger partial charge < -0.3 is 14.6 Å². The smallest absolute Gasteiger partial charge is 0.312 e. The van der Waals surface area contributed by atoms with Gasteiger partial charge in [0.25, 0.3) is 0 Å². The molecule has 0 saturated carbocycles. The monoisotopic (exact) mass is 387 g/mol. The minimum Gasteiger partial charge on any atom is -0.492 e. The van der Waals surface area contributed by atoms with Gasteiger partial charge in [-0.3, -0.25) is 14.9 Å². The van der Waals surface area contributed by atoms with Crippen molar-refractivity contribution < 1.29 is 19.4 Å². The summed E-state index contributed by atoms with van der Waals surface area (Å²) in [7, 11) is 0. The minimum atomic E-state index is -0.700. The standard InChI is InChI=1S/C21H29N3O4/c25-20(26)21(11-14-27-16-21)10-5-3-1-2-4-6-13-28-17-7-8-18(22-15-17)19-9-12-23-24-19/h7-9,12,15H,1-6,10-11,13-14,16H2,(H,23,24)(H,25,26). The van der Waals surface area contributed by atoms with Crippen molar-refractivity contribution in [2.75, 3.05) is 19.8 Å². The van der Waals surface area contributed by atoms with Gasteiger partial charge in [0.05, 0.1) is 36.2 Å². The number of carboxylic acids is 1. The highest BCUT2D eigenvalue weighted by Crippen LogP contribution is 2.34. The molecule has 0 bridgehead atoms. The molecule has 28 heavy (non-hydrogen) atoms. The third-order valence-corrected chi connectivity index (χ3v) is 5.39. The molecular weight excluding hydrogens is 358 g/mol. The topological polar surface area (TPSA) is 97.3 Å². The van der Waals surface area contributed by atoms with Crippen molar-refractivity contribution in [3.05, 3.63) is 30.6 Å². The molecule has 7 heteroatoms. The van der Waals surface area contributed by atoms with Crippen molar-refractivity contribution in [3.63, 3.8) is 0 Å². The van der Waals surface area contributed by atoms with Gasteiger partial charge in [-0.15, -0.1) is 0 Å². The first-order valence-corrected chi connectivity index (χ1v) is 10.1. The van der Waals surface area contributed by atoms with Crippen molar-refractivity contribution in [2.45, 2.75) is 51.4 Å². The molecule has 2 N–H and O–H groups in total. The molecule has 1 aliphatic heterocycles. The Balaban J connectivity index is 1.22. The van der Waals surface area contributed by atoms with Crippen LogP contribution < -0.4 is 4.74 Å². The number of rotatable bonds is 12. The first-order valence-electron chi connectivity index (χ1n) is 10.1. The first kappa shape index (κ1) is 20.3. The average Bonchev–Trinajstić information content (AvgIpc) is 3.40. The van der Waals surface area contributed by atoms with Crippen LogP contribution in [0.1, 0.15) is 51.4 Å². The minimum absolute atomic E-state index is 0.372. The number of nitrogens with one attached hydrogen (secondary N) is 1. The van der Waals surface area contributed by atoms with Gasteiger partial charge in [-0.05, 0) is 37.5 Å². The summed E-state index contributed by atoms with van der Waals surface area (Å²) in [6.07, 6.45) is 11.3. The molecule has 0 aliphatic carbocycles. The summed E-state index contributed by atoms with van der Waals surface area (Å²) in [6, 6.07) is 5.72. The van der Waals surface area contributed by atoms with E-state index in [1.807, 2.05) is 18.2 Å². The number of carboxylic acid groups (broad SMARTS) is 1. The molecule has 3 rings (SSSR count). The van der Waals surface area contributed by atoms with E-state index in [0.717, 1.165) is 62.1 Å². The summed E-state index contributed by atoms with van der Waals surface area (Å²) < 4.78 is 11.0. The summed E-state index contributed by atoms with van der Waals surface area (Å²) in [5, 5.41) is 16.2. The van der Waals surface area contributed by atoms with Gasteiger partial charge in [-0.25, -0.2) is 0 Å². The van der Waals surface area contributed by atoms with Crippen LogP contribution in [0.15, 0.2) is 30.6 Å². The first-order chi connectivity index (χ1) is 13.7. The Morgan fingerprint density at radius 2 is 2.00 bits per heavy atom. The van der Waals surface area contributed by atoms with Crippen LogP contribution in [0.2, 0.25) is 0 Å². The summed E-state index contributed by atoms with van der Waals surface area (Å²) in [5.41, 5.74) is 1.11. The van der Waals surface area contributed by atoms with Gasteiger partial charge in [-0.1, -0.05) is 32.1 Å². The lowest BCUT2D eigenvalue weighted by Gasteiger charge is -2.21. The fourth-order valence-corrected chi connectivity index (χ4v) is 3.57. The molecule has 152 valence electrons. The molecule has 0 amide bonds. The normalized spacial score (nSPS) is 19.0. The Kier molecular flexibility index (Phi) is 7.42. The number of hydrogen-bond donors (Lipinski definition) is 2. The molecule has 1 saturated heterocycles. The van der Waals surface area contributed by atoms with Crippen molar-refractivity contribution in [3.8, 4) is 17.1 Å². The Labute approximate surface area is 165 Å². The molecule has 2 aromatic rings. The maximum atomic E-state index is 11.5. The molecule has 1 aliphatic rings. The Morgan fingerprint density at radius 1 is 1.18 bits per heavy atom. The van der Waals surface area contributed by atoms with Crippen LogP contribution in [0.5, 0.6) is 5.75 Å². The van der Waals surface area contributed by atoms with E-state index in [1.165, 1.54) is 0 Å². The van der Waals surface area contributed by atoms with E-state index in [2.05, 4.69) is 15.2 Å². The van der Waals surface area contributed by atoms with E-state index in [1.54, 1.807) is 12.4 Å². The molecule has 0 radical (unpaired) electrons. The Hall–Kier alpha value is -2.41. The van der Waals surface area contributed by atoms with Crippen molar-refractivity contribution in [1.29, 1.82) is 0 Å². The predicted molar refractivity (Wildman–Crippen MR) is 105 cm³/mol. The lowest BCUT2D eigenvalue weighted by Crippen LogP contribution is -2.31. The van der Waals surface area contributed by atoms with Crippen molar-refractivity contribution in [1.82, 2.24) is 15.2 Å². The number of aliphatic carboxylic acids is 1. The number of hydrogen-bond acceptors (Lipinski definition) is 5. The zero-order valence-corrected chi connectivity index (χ0v) is 16.2. The second kappa shape index (κ2) is 10.2. The van der Waals surface area contributed by atoms with Crippen molar-refractivity contribution in [2.24, 2.45) is 5.41 Å². The SMILES string of the molecule is O=C(O)C1(CCCCCCCCOc2ccc(-c3ccn[nH]3)nc2)CCOC1. The second-order valence-electron chi connectivity index (χ2n) is 7.46. The van der Waals surface area contributed by atoms with Crippen LogP contribution in [0.3, 0.4) is 0 Å². The van der Waals surface area contributed by atoms with E-state index in [0.29, 0.717) is 26.2 Å².